The molecule has 0 fully saturated rings. The van der Waals surface area contributed by atoms with E-state index in [-0.39, 0.29) is 0 Å². The Labute approximate surface area is 109 Å². The molecule has 17 heavy (non-hydrogen) atoms. The van der Waals surface area contributed by atoms with Gasteiger partial charge in [0, 0.05) is 6.04 Å². The largest absolute Gasteiger partial charge is 0.314 e. The Hall–Kier alpha value is -0.300. The number of hydrogen-bond acceptors (Lipinski definition) is 1. The van der Waals surface area contributed by atoms with Gasteiger partial charge in [0.2, 0.25) is 0 Å². The molecule has 0 heterocycles. The number of hydrogen-bond donors (Lipinski definition) is 1. The van der Waals surface area contributed by atoms with Crippen molar-refractivity contribution in [2.24, 2.45) is 0 Å². The van der Waals surface area contributed by atoms with Gasteiger partial charge in [0.05, 0.1) is 0 Å². The molecule has 102 valence electrons. The molecule has 0 bridgehead atoms. The molecule has 0 amide bonds. The lowest BCUT2D eigenvalue weighted by Gasteiger charge is -2.10. The Morgan fingerprint density at radius 2 is 1.82 bits per heavy atom. The maximum atomic E-state index is 3.55. The molecule has 1 atom stereocenters. The van der Waals surface area contributed by atoms with Gasteiger partial charge in [0.1, 0.15) is 0 Å². The molecule has 1 nitrogen and oxygen atoms in total. The van der Waals surface area contributed by atoms with Crippen molar-refractivity contribution in [3.63, 3.8) is 0 Å². The fourth-order valence-electron chi connectivity index (χ4n) is 2.00. The summed E-state index contributed by atoms with van der Waals surface area (Å²) in [6.45, 7) is 10.2. The summed E-state index contributed by atoms with van der Waals surface area (Å²) in [5, 5.41) is 3.55. The van der Waals surface area contributed by atoms with Gasteiger partial charge in [-0.05, 0) is 45.6 Å². The highest BCUT2D eigenvalue weighted by atomic mass is 14.9. The van der Waals surface area contributed by atoms with Gasteiger partial charge in [-0.2, -0.15) is 0 Å². The molecule has 0 aliphatic heterocycles. The molecule has 0 aliphatic carbocycles. The molecule has 0 spiro atoms. The number of rotatable bonds is 11. The number of allylic oxidation sites excluding steroid dienone is 1. The fraction of sp³-hybridized carbons (Fsp3) is 0.875. The van der Waals surface area contributed by atoms with Gasteiger partial charge >= 0.3 is 0 Å². The van der Waals surface area contributed by atoms with E-state index < -0.39 is 0 Å². The summed E-state index contributed by atoms with van der Waals surface area (Å²) in [6, 6.07) is 0.665. The summed E-state index contributed by atoms with van der Waals surface area (Å²) in [5.74, 6) is 0. The molecule has 0 saturated heterocycles. The molecule has 0 aromatic heterocycles. The lowest BCUT2D eigenvalue weighted by atomic mass is 10.0. The van der Waals surface area contributed by atoms with Crippen LogP contribution in [-0.4, -0.2) is 12.6 Å². The summed E-state index contributed by atoms with van der Waals surface area (Å²) in [4.78, 5) is 0. The van der Waals surface area contributed by atoms with Crippen molar-refractivity contribution in [3.8, 4) is 0 Å². The molecule has 0 aliphatic rings. The highest BCUT2D eigenvalue weighted by molar-refractivity contribution is 5.02. The van der Waals surface area contributed by atoms with Crippen molar-refractivity contribution in [3.05, 3.63) is 11.6 Å². The van der Waals surface area contributed by atoms with E-state index in [1.807, 2.05) is 0 Å². The average molecular weight is 239 g/mol. The second kappa shape index (κ2) is 12.2. The van der Waals surface area contributed by atoms with Crippen LogP contribution in [0.3, 0.4) is 0 Å². The van der Waals surface area contributed by atoms with Crippen LogP contribution in [0.5, 0.6) is 0 Å². The van der Waals surface area contributed by atoms with Crippen LogP contribution in [0.15, 0.2) is 11.6 Å². The minimum atomic E-state index is 0.665. The van der Waals surface area contributed by atoms with Crippen LogP contribution in [0, 0.1) is 0 Å². The summed E-state index contributed by atoms with van der Waals surface area (Å²) in [5.41, 5.74) is 1.69. The first-order valence-electron chi connectivity index (χ1n) is 7.65. The van der Waals surface area contributed by atoms with Crippen molar-refractivity contribution in [1.82, 2.24) is 5.32 Å². The van der Waals surface area contributed by atoms with Crippen molar-refractivity contribution in [2.45, 2.75) is 85.1 Å². The molecular weight excluding hydrogens is 206 g/mol. The van der Waals surface area contributed by atoms with E-state index in [2.05, 4.69) is 39.1 Å². The zero-order valence-electron chi connectivity index (χ0n) is 12.5. The molecule has 1 heteroatoms. The van der Waals surface area contributed by atoms with Gasteiger partial charge in [-0.3, -0.25) is 0 Å². The van der Waals surface area contributed by atoms with Crippen molar-refractivity contribution in [1.29, 1.82) is 0 Å². The van der Waals surface area contributed by atoms with Crippen LogP contribution in [0.2, 0.25) is 0 Å². The van der Waals surface area contributed by atoms with Gasteiger partial charge in [0.15, 0.2) is 0 Å². The van der Waals surface area contributed by atoms with Crippen molar-refractivity contribution < 1.29 is 0 Å². The highest BCUT2D eigenvalue weighted by Crippen LogP contribution is 2.15. The summed E-state index contributed by atoms with van der Waals surface area (Å²) in [7, 11) is 0. The Morgan fingerprint density at radius 1 is 1.06 bits per heavy atom. The first kappa shape index (κ1) is 16.7. The van der Waals surface area contributed by atoms with E-state index in [0.717, 1.165) is 6.54 Å². The predicted octanol–water partition coefficient (Wildman–Crippen LogP) is 5.07. The molecule has 0 aromatic rings. The van der Waals surface area contributed by atoms with Gasteiger partial charge in [-0.1, -0.05) is 51.7 Å². The molecule has 0 radical (unpaired) electrons. The Bertz CT molecular complexity index is 184. The van der Waals surface area contributed by atoms with Crippen LogP contribution < -0.4 is 5.32 Å². The van der Waals surface area contributed by atoms with Crippen LogP contribution in [-0.2, 0) is 0 Å². The minimum absolute atomic E-state index is 0.665. The number of nitrogens with one attached hydrogen (secondary N) is 1. The summed E-state index contributed by atoms with van der Waals surface area (Å²) < 4.78 is 0. The first-order valence-corrected chi connectivity index (χ1v) is 7.65. The number of unbranched alkanes of at least 4 members (excludes halogenated alkanes) is 2. The van der Waals surface area contributed by atoms with E-state index in [1.54, 1.807) is 5.57 Å². The Morgan fingerprint density at radius 3 is 2.41 bits per heavy atom. The molecule has 0 rings (SSSR count). The van der Waals surface area contributed by atoms with Crippen LogP contribution in [0.4, 0.5) is 0 Å². The molecular formula is C16H33N. The second-order valence-corrected chi connectivity index (χ2v) is 5.12. The van der Waals surface area contributed by atoms with E-state index in [4.69, 9.17) is 0 Å². The zero-order valence-corrected chi connectivity index (χ0v) is 12.5. The predicted molar refractivity (Wildman–Crippen MR) is 79.5 cm³/mol. The average Bonchev–Trinajstić information content (AvgIpc) is 2.34. The zero-order chi connectivity index (χ0) is 12.9. The maximum absolute atomic E-state index is 3.55. The normalized spacial score (nSPS) is 14.0. The van der Waals surface area contributed by atoms with Crippen molar-refractivity contribution in [2.75, 3.05) is 6.54 Å². The Balaban J connectivity index is 3.77. The third-order valence-electron chi connectivity index (χ3n) is 3.36. The molecule has 0 saturated carbocycles. The fourth-order valence-corrected chi connectivity index (χ4v) is 2.00. The maximum Gasteiger partial charge on any atom is 0.00362 e. The van der Waals surface area contributed by atoms with E-state index in [9.17, 15) is 0 Å². The Kier molecular flexibility index (Phi) is 12.0. The molecule has 0 aromatic carbocycles. The van der Waals surface area contributed by atoms with Crippen molar-refractivity contribution >= 4 is 0 Å². The smallest absolute Gasteiger partial charge is 0.00362 e. The van der Waals surface area contributed by atoms with Crippen LogP contribution in [0.25, 0.3) is 0 Å². The summed E-state index contributed by atoms with van der Waals surface area (Å²) in [6.07, 6.45) is 12.9. The van der Waals surface area contributed by atoms with Gasteiger partial charge < -0.3 is 5.32 Å². The van der Waals surface area contributed by atoms with Gasteiger partial charge in [0.25, 0.3) is 0 Å². The second-order valence-electron chi connectivity index (χ2n) is 5.12. The van der Waals surface area contributed by atoms with E-state index >= 15 is 0 Å². The quantitative estimate of drug-likeness (QED) is 0.392. The first-order chi connectivity index (χ1) is 8.24. The monoisotopic (exact) mass is 239 g/mol. The molecule has 1 unspecified atom stereocenters. The lowest BCUT2D eigenvalue weighted by molar-refractivity contribution is 0.539. The minimum Gasteiger partial charge on any atom is -0.314 e. The SMILES string of the molecule is CCCCC/C(=C/CCNC(C)CC)CCC. The van der Waals surface area contributed by atoms with E-state index in [0.29, 0.717) is 6.04 Å². The van der Waals surface area contributed by atoms with Gasteiger partial charge in [-0.15, -0.1) is 0 Å². The van der Waals surface area contributed by atoms with Crippen LogP contribution >= 0.6 is 0 Å². The highest BCUT2D eigenvalue weighted by Gasteiger charge is 1.98. The molecule has 1 N–H and O–H groups in total. The van der Waals surface area contributed by atoms with Gasteiger partial charge in [-0.25, -0.2) is 0 Å². The summed E-state index contributed by atoms with van der Waals surface area (Å²) >= 11 is 0. The van der Waals surface area contributed by atoms with E-state index in [1.165, 1.54) is 51.4 Å². The topological polar surface area (TPSA) is 12.0 Å². The third kappa shape index (κ3) is 10.6. The standard InChI is InChI=1S/C16H33N/c1-5-8-9-12-16(11-6-2)13-10-14-17-15(4)7-3/h13,15,17H,5-12,14H2,1-4H3/b16-13+. The third-order valence-corrected chi connectivity index (χ3v) is 3.36. The lowest BCUT2D eigenvalue weighted by Crippen LogP contribution is -2.25. The van der Waals surface area contributed by atoms with Crippen LogP contribution in [0.1, 0.15) is 79.1 Å².